The molecule has 0 bridgehead atoms. The van der Waals surface area contributed by atoms with Crippen LogP contribution < -0.4 is 0 Å². The van der Waals surface area contributed by atoms with E-state index in [9.17, 15) is 10.1 Å². The molecule has 0 aliphatic carbocycles. The first kappa shape index (κ1) is 13.8. The second kappa shape index (κ2) is 5.67. The maximum absolute atomic E-state index is 11.1. The fraction of sp³-hybridized carbons (Fsp3) is 0. The molecule has 7 heteroatoms. The Morgan fingerprint density at radius 1 is 1.00 bits per heavy atom. The Bertz CT molecular complexity index is 841. The Morgan fingerprint density at radius 2 is 1.67 bits per heavy atom. The second-order valence-corrected chi connectivity index (χ2v) is 5.56. The second-order valence-electron chi connectivity index (χ2n) is 4.17. The number of halogens is 1. The molecule has 0 aliphatic rings. The maximum Gasteiger partial charge on any atom is 0.283 e. The van der Waals surface area contributed by atoms with E-state index >= 15 is 0 Å². The molecule has 2 aromatic carbocycles. The van der Waals surface area contributed by atoms with E-state index in [-0.39, 0.29) is 5.69 Å². The average Bonchev–Trinajstić information content (AvgIpc) is 2.51. The number of nitro groups is 1. The van der Waals surface area contributed by atoms with Crippen molar-refractivity contribution in [2.45, 2.75) is 9.92 Å². The number of hydrogen-bond donors (Lipinski definition) is 0. The van der Waals surface area contributed by atoms with Crippen molar-refractivity contribution in [2.24, 2.45) is 0 Å². The van der Waals surface area contributed by atoms with Crippen molar-refractivity contribution in [3.8, 4) is 0 Å². The molecule has 1 aromatic heterocycles. The number of aromatic nitrogens is 2. The van der Waals surface area contributed by atoms with Gasteiger partial charge in [-0.15, -0.1) is 10.2 Å². The zero-order chi connectivity index (χ0) is 14.8. The summed E-state index contributed by atoms with van der Waals surface area (Å²) in [5, 5.41) is 21.5. The first-order valence-electron chi connectivity index (χ1n) is 5.99. The molecule has 0 fully saturated rings. The van der Waals surface area contributed by atoms with Crippen LogP contribution in [0.1, 0.15) is 0 Å². The summed E-state index contributed by atoms with van der Waals surface area (Å²) >= 11 is 7.23. The monoisotopic (exact) mass is 317 g/mol. The third kappa shape index (κ3) is 2.68. The van der Waals surface area contributed by atoms with Crippen molar-refractivity contribution in [1.82, 2.24) is 10.2 Å². The Labute approximate surface area is 129 Å². The smallest absolute Gasteiger partial charge is 0.258 e. The molecule has 0 unspecified atom stereocenters. The number of fused-ring (bicyclic) bond motifs is 1. The molecule has 0 atom stereocenters. The molecule has 0 N–H and O–H groups in total. The number of para-hydroxylation sites is 1. The van der Waals surface area contributed by atoms with E-state index in [4.69, 9.17) is 11.6 Å². The van der Waals surface area contributed by atoms with Gasteiger partial charge in [0.1, 0.15) is 5.03 Å². The van der Waals surface area contributed by atoms with E-state index in [1.54, 1.807) is 18.2 Å². The summed E-state index contributed by atoms with van der Waals surface area (Å²) < 4.78 is 0. The molecule has 0 amide bonds. The number of nitrogens with zero attached hydrogens (tertiary/aromatic N) is 3. The summed E-state index contributed by atoms with van der Waals surface area (Å²) in [6, 6.07) is 14.0. The van der Waals surface area contributed by atoms with Crippen LogP contribution in [0.3, 0.4) is 0 Å². The highest BCUT2D eigenvalue weighted by molar-refractivity contribution is 7.99. The van der Waals surface area contributed by atoms with Crippen molar-refractivity contribution >= 4 is 39.8 Å². The van der Waals surface area contributed by atoms with E-state index in [0.29, 0.717) is 15.1 Å². The summed E-state index contributed by atoms with van der Waals surface area (Å²) in [6.45, 7) is 0. The molecule has 3 aromatic rings. The van der Waals surface area contributed by atoms with Gasteiger partial charge in [-0.1, -0.05) is 59.8 Å². The van der Waals surface area contributed by atoms with Gasteiger partial charge < -0.3 is 0 Å². The van der Waals surface area contributed by atoms with Gasteiger partial charge in [-0.25, -0.2) is 0 Å². The quantitative estimate of drug-likeness (QED) is 0.531. The molecule has 0 spiro atoms. The highest BCUT2D eigenvalue weighted by Gasteiger charge is 2.16. The molecule has 0 radical (unpaired) electrons. The zero-order valence-electron chi connectivity index (χ0n) is 10.6. The molecule has 0 aliphatic heterocycles. The number of hydrogen-bond acceptors (Lipinski definition) is 5. The first-order valence-corrected chi connectivity index (χ1v) is 7.18. The minimum atomic E-state index is -0.409. The minimum Gasteiger partial charge on any atom is -0.258 e. The summed E-state index contributed by atoms with van der Waals surface area (Å²) in [5.74, 6) is 0. The van der Waals surface area contributed by atoms with Crippen LogP contribution in [0, 0.1) is 10.1 Å². The molecule has 5 nitrogen and oxygen atoms in total. The van der Waals surface area contributed by atoms with Gasteiger partial charge in [0.2, 0.25) is 0 Å². The third-order valence-electron chi connectivity index (χ3n) is 2.88. The molecule has 1 heterocycles. The van der Waals surface area contributed by atoms with Gasteiger partial charge in [-0.2, -0.15) is 0 Å². The van der Waals surface area contributed by atoms with Crippen LogP contribution in [0.5, 0.6) is 0 Å². The van der Waals surface area contributed by atoms with E-state index in [1.165, 1.54) is 17.8 Å². The Morgan fingerprint density at radius 3 is 2.43 bits per heavy atom. The van der Waals surface area contributed by atoms with Gasteiger partial charge >= 0.3 is 0 Å². The fourth-order valence-corrected chi connectivity index (χ4v) is 3.09. The lowest BCUT2D eigenvalue weighted by Crippen LogP contribution is -1.93. The molecule has 104 valence electrons. The Kier molecular flexibility index (Phi) is 3.72. The Hall–Kier alpha value is -2.18. The third-order valence-corrected chi connectivity index (χ3v) is 4.22. The van der Waals surface area contributed by atoms with Crippen LogP contribution in [-0.2, 0) is 0 Å². The highest BCUT2D eigenvalue weighted by atomic mass is 35.5. The molecule has 3 rings (SSSR count). The van der Waals surface area contributed by atoms with E-state index in [0.717, 1.165) is 10.8 Å². The van der Waals surface area contributed by atoms with Crippen LogP contribution in [0.2, 0.25) is 5.15 Å². The predicted octanol–water partition coefficient (Wildman–Crippen LogP) is 4.34. The molecular formula is C14H8ClN3O2S. The lowest BCUT2D eigenvalue weighted by Gasteiger charge is -2.06. The number of rotatable bonds is 3. The lowest BCUT2D eigenvalue weighted by atomic mass is 10.2. The van der Waals surface area contributed by atoms with Crippen LogP contribution in [0.4, 0.5) is 5.69 Å². The van der Waals surface area contributed by atoms with Gasteiger partial charge in [0.05, 0.1) is 9.82 Å². The number of benzene rings is 2. The number of nitro benzene ring substituents is 1. The van der Waals surface area contributed by atoms with Crippen LogP contribution in [0.15, 0.2) is 58.5 Å². The Balaban J connectivity index is 2.11. The van der Waals surface area contributed by atoms with Crippen molar-refractivity contribution in [2.75, 3.05) is 0 Å². The van der Waals surface area contributed by atoms with E-state index in [1.807, 2.05) is 24.3 Å². The van der Waals surface area contributed by atoms with Gasteiger partial charge in [0.15, 0.2) is 5.15 Å². The van der Waals surface area contributed by atoms with E-state index in [2.05, 4.69) is 10.2 Å². The standard InChI is InChI=1S/C14H8ClN3O2S/c15-13-9-5-1-2-6-10(9)14(17-16-13)21-12-8-4-3-7-11(12)18(19)20/h1-8H. The van der Waals surface area contributed by atoms with Crippen molar-refractivity contribution in [3.05, 3.63) is 63.8 Å². The molecule has 0 saturated heterocycles. The lowest BCUT2D eigenvalue weighted by molar-refractivity contribution is -0.387. The van der Waals surface area contributed by atoms with Crippen molar-refractivity contribution in [3.63, 3.8) is 0 Å². The van der Waals surface area contributed by atoms with E-state index < -0.39 is 4.92 Å². The average molecular weight is 318 g/mol. The molecular weight excluding hydrogens is 310 g/mol. The van der Waals surface area contributed by atoms with Gasteiger partial charge in [-0.3, -0.25) is 10.1 Å². The minimum absolute atomic E-state index is 0.0448. The van der Waals surface area contributed by atoms with Crippen LogP contribution in [0.25, 0.3) is 10.8 Å². The van der Waals surface area contributed by atoms with Gasteiger partial charge in [0.25, 0.3) is 5.69 Å². The fourth-order valence-electron chi connectivity index (χ4n) is 1.92. The van der Waals surface area contributed by atoms with Crippen molar-refractivity contribution in [1.29, 1.82) is 0 Å². The SMILES string of the molecule is O=[N+]([O-])c1ccccc1Sc1nnc(Cl)c2ccccc12. The zero-order valence-corrected chi connectivity index (χ0v) is 12.1. The first-order chi connectivity index (χ1) is 10.2. The van der Waals surface area contributed by atoms with Crippen LogP contribution >= 0.6 is 23.4 Å². The topological polar surface area (TPSA) is 68.9 Å². The summed E-state index contributed by atoms with van der Waals surface area (Å²) in [5.41, 5.74) is 0.0448. The largest absolute Gasteiger partial charge is 0.283 e. The van der Waals surface area contributed by atoms with Crippen LogP contribution in [-0.4, -0.2) is 15.1 Å². The summed E-state index contributed by atoms with van der Waals surface area (Å²) in [7, 11) is 0. The predicted molar refractivity (Wildman–Crippen MR) is 81.8 cm³/mol. The highest BCUT2D eigenvalue weighted by Crippen LogP contribution is 2.37. The molecule has 21 heavy (non-hydrogen) atoms. The van der Waals surface area contributed by atoms with Crippen molar-refractivity contribution < 1.29 is 4.92 Å². The van der Waals surface area contributed by atoms with Gasteiger partial charge in [-0.05, 0) is 6.07 Å². The summed E-state index contributed by atoms with van der Waals surface area (Å²) in [6.07, 6.45) is 0. The molecule has 0 saturated carbocycles. The van der Waals surface area contributed by atoms with Gasteiger partial charge in [0, 0.05) is 16.8 Å². The summed E-state index contributed by atoms with van der Waals surface area (Å²) in [4.78, 5) is 11.2. The normalized spacial score (nSPS) is 10.7. The maximum atomic E-state index is 11.1.